The van der Waals surface area contributed by atoms with Crippen molar-refractivity contribution < 1.29 is 13.9 Å². The van der Waals surface area contributed by atoms with E-state index in [1.807, 2.05) is 10.3 Å². The smallest absolute Gasteiger partial charge is 0.261 e. The van der Waals surface area contributed by atoms with Crippen LogP contribution in [0.2, 0.25) is 0 Å². The zero-order chi connectivity index (χ0) is 19.7. The number of nitrogens with zero attached hydrogens (tertiary/aromatic N) is 3. The summed E-state index contributed by atoms with van der Waals surface area (Å²) in [5, 5.41) is 2.71. The standard InChI is InChI=1S/C21H22FN3O2S/c1-13-4-3-5-14(2)25(13)18(26)10-27-20-19-17(11-28-21(19)24-12-23-20)15-6-8-16(22)9-7-15/h6-9,11-14H,3-5,10H2,1-2H3/t13-,14-/m0/s1. The molecule has 0 bridgehead atoms. The van der Waals surface area contributed by atoms with Crippen LogP contribution >= 0.6 is 11.3 Å². The first-order valence-corrected chi connectivity index (χ1v) is 10.3. The van der Waals surface area contributed by atoms with Gasteiger partial charge in [-0.3, -0.25) is 4.79 Å². The Bertz CT molecular complexity index is 979. The van der Waals surface area contributed by atoms with Gasteiger partial charge in [-0.1, -0.05) is 12.1 Å². The molecule has 2 aromatic heterocycles. The fraction of sp³-hybridized carbons (Fsp3) is 0.381. The molecule has 0 N–H and O–H groups in total. The lowest BCUT2D eigenvalue weighted by atomic mass is 9.97. The molecule has 2 atom stereocenters. The van der Waals surface area contributed by atoms with Gasteiger partial charge in [0.15, 0.2) is 6.61 Å². The van der Waals surface area contributed by atoms with Gasteiger partial charge in [0.05, 0.1) is 5.39 Å². The van der Waals surface area contributed by atoms with Gasteiger partial charge in [-0.25, -0.2) is 14.4 Å². The van der Waals surface area contributed by atoms with E-state index in [0.29, 0.717) is 5.88 Å². The average Bonchev–Trinajstić information content (AvgIpc) is 3.11. The largest absolute Gasteiger partial charge is 0.467 e. The Kier molecular flexibility index (Phi) is 5.26. The van der Waals surface area contributed by atoms with E-state index < -0.39 is 0 Å². The van der Waals surface area contributed by atoms with Gasteiger partial charge in [0, 0.05) is 23.0 Å². The lowest BCUT2D eigenvalue weighted by molar-refractivity contribution is -0.139. The van der Waals surface area contributed by atoms with Crippen LogP contribution < -0.4 is 4.74 Å². The monoisotopic (exact) mass is 399 g/mol. The van der Waals surface area contributed by atoms with E-state index in [0.717, 1.165) is 40.6 Å². The minimum absolute atomic E-state index is 0.0231. The predicted octanol–water partition coefficient (Wildman–Crippen LogP) is 4.67. The lowest BCUT2D eigenvalue weighted by Crippen LogP contribution is -2.49. The van der Waals surface area contributed by atoms with E-state index in [9.17, 15) is 9.18 Å². The summed E-state index contributed by atoms with van der Waals surface area (Å²) >= 11 is 1.47. The molecule has 1 saturated heterocycles. The zero-order valence-corrected chi connectivity index (χ0v) is 16.7. The van der Waals surface area contributed by atoms with Crippen LogP contribution in [0, 0.1) is 5.82 Å². The van der Waals surface area contributed by atoms with Gasteiger partial charge in [0.25, 0.3) is 5.91 Å². The van der Waals surface area contributed by atoms with Gasteiger partial charge >= 0.3 is 0 Å². The number of hydrogen-bond acceptors (Lipinski definition) is 5. The van der Waals surface area contributed by atoms with Crippen molar-refractivity contribution >= 4 is 27.5 Å². The minimum Gasteiger partial charge on any atom is -0.467 e. The molecular formula is C21H22FN3O2S. The summed E-state index contributed by atoms with van der Waals surface area (Å²) in [6.45, 7) is 4.11. The molecule has 1 aliphatic rings. The van der Waals surface area contributed by atoms with Gasteiger partial charge in [-0.15, -0.1) is 11.3 Å². The lowest BCUT2D eigenvalue weighted by Gasteiger charge is -2.38. The highest BCUT2D eigenvalue weighted by Gasteiger charge is 2.29. The van der Waals surface area contributed by atoms with Crippen molar-refractivity contribution in [1.29, 1.82) is 0 Å². The second-order valence-electron chi connectivity index (χ2n) is 7.23. The van der Waals surface area contributed by atoms with Crippen LogP contribution in [-0.4, -0.2) is 39.5 Å². The molecule has 0 aliphatic carbocycles. The number of likely N-dealkylation sites (tertiary alicyclic amines) is 1. The molecule has 5 nitrogen and oxygen atoms in total. The number of ether oxygens (including phenoxy) is 1. The Hall–Kier alpha value is -2.54. The summed E-state index contributed by atoms with van der Waals surface area (Å²) in [5.41, 5.74) is 1.74. The topological polar surface area (TPSA) is 55.3 Å². The van der Waals surface area contributed by atoms with Gasteiger partial charge in [0.2, 0.25) is 5.88 Å². The SMILES string of the molecule is C[C@H]1CCC[C@H](C)N1C(=O)COc1ncnc2scc(-c3ccc(F)cc3)c12. The Morgan fingerprint density at radius 2 is 1.93 bits per heavy atom. The molecule has 0 unspecified atom stereocenters. The third kappa shape index (κ3) is 3.58. The molecule has 4 rings (SSSR count). The number of aromatic nitrogens is 2. The summed E-state index contributed by atoms with van der Waals surface area (Å²) in [4.78, 5) is 24.1. The number of hydrogen-bond donors (Lipinski definition) is 0. The van der Waals surface area contributed by atoms with Crippen LogP contribution in [0.4, 0.5) is 4.39 Å². The zero-order valence-electron chi connectivity index (χ0n) is 15.9. The van der Waals surface area contributed by atoms with Crippen LogP contribution in [0.5, 0.6) is 5.88 Å². The molecule has 0 radical (unpaired) electrons. The predicted molar refractivity (Wildman–Crippen MR) is 108 cm³/mol. The summed E-state index contributed by atoms with van der Waals surface area (Å²) in [6, 6.07) is 6.73. The highest BCUT2D eigenvalue weighted by Crippen LogP contribution is 2.37. The van der Waals surface area contributed by atoms with E-state index in [-0.39, 0.29) is 30.4 Å². The molecule has 28 heavy (non-hydrogen) atoms. The third-order valence-corrected chi connectivity index (χ3v) is 6.19. The maximum absolute atomic E-state index is 13.3. The molecule has 1 fully saturated rings. The van der Waals surface area contributed by atoms with Crippen molar-refractivity contribution in [2.24, 2.45) is 0 Å². The summed E-state index contributed by atoms with van der Waals surface area (Å²) in [5.74, 6) is 0.0765. The van der Waals surface area contributed by atoms with Crippen molar-refractivity contribution in [2.75, 3.05) is 6.61 Å². The number of carbonyl (C=O) groups excluding carboxylic acids is 1. The minimum atomic E-state index is -0.286. The molecule has 3 heterocycles. The van der Waals surface area contributed by atoms with Crippen LogP contribution in [0.3, 0.4) is 0 Å². The Morgan fingerprint density at radius 1 is 1.21 bits per heavy atom. The first-order chi connectivity index (χ1) is 13.5. The van der Waals surface area contributed by atoms with E-state index in [1.165, 1.54) is 29.8 Å². The van der Waals surface area contributed by atoms with Gasteiger partial charge in [-0.2, -0.15) is 0 Å². The van der Waals surface area contributed by atoms with Crippen molar-refractivity contribution in [1.82, 2.24) is 14.9 Å². The molecule has 1 aliphatic heterocycles. The Labute approximate surface area is 167 Å². The number of piperidine rings is 1. The number of benzene rings is 1. The molecular weight excluding hydrogens is 377 g/mol. The number of rotatable bonds is 4. The molecule has 0 saturated carbocycles. The normalized spacial score (nSPS) is 19.8. The first-order valence-electron chi connectivity index (χ1n) is 9.46. The van der Waals surface area contributed by atoms with Crippen LogP contribution in [0.25, 0.3) is 21.3 Å². The van der Waals surface area contributed by atoms with Crippen LogP contribution in [0.1, 0.15) is 33.1 Å². The number of carbonyl (C=O) groups is 1. The van der Waals surface area contributed by atoms with Gasteiger partial charge in [0.1, 0.15) is 17.0 Å². The van der Waals surface area contributed by atoms with Crippen molar-refractivity contribution in [3.05, 3.63) is 41.8 Å². The summed E-state index contributed by atoms with van der Waals surface area (Å²) in [6.07, 6.45) is 4.63. The number of halogens is 1. The maximum atomic E-state index is 13.3. The second-order valence-corrected chi connectivity index (χ2v) is 8.09. The van der Waals surface area contributed by atoms with Crippen molar-refractivity contribution in [3.63, 3.8) is 0 Å². The molecule has 3 aromatic rings. The highest BCUT2D eigenvalue weighted by atomic mass is 32.1. The van der Waals surface area contributed by atoms with Crippen LogP contribution in [0.15, 0.2) is 36.0 Å². The van der Waals surface area contributed by atoms with E-state index in [2.05, 4.69) is 23.8 Å². The Balaban J connectivity index is 1.60. The maximum Gasteiger partial charge on any atom is 0.261 e. The van der Waals surface area contributed by atoms with Gasteiger partial charge in [-0.05, 0) is 50.8 Å². The first kappa shape index (κ1) is 18.8. The second kappa shape index (κ2) is 7.83. The molecule has 0 spiro atoms. The average molecular weight is 399 g/mol. The molecule has 7 heteroatoms. The van der Waals surface area contributed by atoms with Crippen LogP contribution in [-0.2, 0) is 4.79 Å². The Morgan fingerprint density at radius 3 is 2.64 bits per heavy atom. The molecule has 1 aromatic carbocycles. The molecule has 146 valence electrons. The fourth-order valence-corrected chi connectivity index (χ4v) is 4.82. The van der Waals surface area contributed by atoms with Gasteiger partial charge < -0.3 is 9.64 Å². The summed E-state index contributed by atoms with van der Waals surface area (Å²) < 4.78 is 19.1. The number of thiophene rings is 1. The van der Waals surface area contributed by atoms with Crippen molar-refractivity contribution in [2.45, 2.75) is 45.2 Å². The van der Waals surface area contributed by atoms with E-state index >= 15 is 0 Å². The van der Waals surface area contributed by atoms with Crippen molar-refractivity contribution in [3.8, 4) is 17.0 Å². The van der Waals surface area contributed by atoms with E-state index in [4.69, 9.17) is 4.74 Å². The fourth-order valence-electron chi connectivity index (χ4n) is 3.92. The third-order valence-electron chi connectivity index (χ3n) is 5.30. The number of amides is 1. The number of fused-ring (bicyclic) bond motifs is 1. The summed E-state index contributed by atoms with van der Waals surface area (Å²) in [7, 11) is 0. The molecule has 1 amide bonds. The van der Waals surface area contributed by atoms with E-state index in [1.54, 1.807) is 12.1 Å². The highest BCUT2D eigenvalue weighted by molar-refractivity contribution is 7.17. The quantitative estimate of drug-likeness (QED) is 0.640.